The van der Waals surface area contributed by atoms with E-state index >= 15 is 0 Å². The number of hydroxylamine groups is 2. The second-order valence-electron chi connectivity index (χ2n) is 2.19. The summed E-state index contributed by atoms with van der Waals surface area (Å²) in [5.74, 6) is 0. The van der Waals surface area contributed by atoms with Crippen LogP contribution in [-0.4, -0.2) is 24.6 Å². The molecule has 0 amide bonds. The van der Waals surface area contributed by atoms with Gasteiger partial charge in [0.2, 0.25) is 0 Å². The number of rotatable bonds is 2. The first-order valence-electron chi connectivity index (χ1n) is 3.29. The first-order chi connectivity index (χ1) is 4.43. The van der Waals surface area contributed by atoms with E-state index in [0.717, 1.165) is 25.9 Å². The number of nitrogens with zero attached hydrogens (tertiary/aromatic N) is 1. The first-order valence-corrected chi connectivity index (χ1v) is 3.29. The van der Waals surface area contributed by atoms with Gasteiger partial charge in [-0.05, 0) is 12.8 Å². The van der Waals surface area contributed by atoms with Crippen molar-refractivity contribution in [1.82, 2.24) is 5.06 Å². The van der Waals surface area contributed by atoms with Gasteiger partial charge in [0.05, 0.1) is 0 Å². The van der Waals surface area contributed by atoms with Crippen LogP contribution in [0.3, 0.4) is 0 Å². The topological polar surface area (TPSA) is 29.5 Å². The lowest BCUT2D eigenvalue weighted by atomic mass is 10.2. The second kappa shape index (κ2) is 3.45. The van der Waals surface area contributed by atoms with E-state index in [0.29, 0.717) is 6.47 Å². The van der Waals surface area contributed by atoms with Crippen molar-refractivity contribution >= 4 is 6.47 Å². The molecule has 1 heterocycles. The lowest BCUT2D eigenvalue weighted by Gasteiger charge is -2.22. The number of carbonyl (C=O) groups excluding carboxylic acids is 1. The highest BCUT2D eigenvalue weighted by Crippen LogP contribution is 2.07. The maximum atomic E-state index is 9.81. The van der Waals surface area contributed by atoms with Crippen LogP contribution in [-0.2, 0) is 9.63 Å². The Kier molecular flexibility index (Phi) is 2.51. The first kappa shape index (κ1) is 6.55. The Hall–Kier alpha value is -0.570. The van der Waals surface area contributed by atoms with E-state index in [1.165, 1.54) is 6.42 Å². The van der Waals surface area contributed by atoms with Gasteiger partial charge in [-0.15, -0.1) is 5.06 Å². The summed E-state index contributed by atoms with van der Waals surface area (Å²) in [5.41, 5.74) is 0. The molecule has 0 spiro atoms. The Morgan fingerprint density at radius 1 is 1.22 bits per heavy atom. The number of hydrogen-bond donors (Lipinski definition) is 0. The quantitative estimate of drug-likeness (QED) is 0.510. The Balaban J connectivity index is 2.15. The largest absolute Gasteiger partial charge is 0.371 e. The minimum atomic E-state index is 0.491. The summed E-state index contributed by atoms with van der Waals surface area (Å²) in [4.78, 5) is 14.4. The zero-order valence-corrected chi connectivity index (χ0v) is 5.38. The Bertz CT molecular complexity index is 89.1. The molecule has 0 aromatic carbocycles. The van der Waals surface area contributed by atoms with Crippen molar-refractivity contribution in [3.63, 3.8) is 0 Å². The molecule has 1 saturated heterocycles. The molecule has 0 radical (unpaired) electrons. The molecule has 52 valence electrons. The van der Waals surface area contributed by atoms with Crippen molar-refractivity contribution in [3.8, 4) is 0 Å². The van der Waals surface area contributed by atoms with Gasteiger partial charge in [-0.2, -0.15) is 0 Å². The van der Waals surface area contributed by atoms with Gasteiger partial charge in [-0.25, -0.2) is 0 Å². The van der Waals surface area contributed by atoms with E-state index in [-0.39, 0.29) is 0 Å². The van der Waals surface area contributed by atoms with Gasteiger partial charge in [0.25, 0.3) is 0 Å². The van der Waals surface area contributed by atoms with Crippen LogP contribution >= 0.6 is 0 Å². The highest BCUT2D eigenvalue weighted by Gasteiger charge is 2.09. The summed E-state index contributed by atoms with van der Waals surface area (Å²) in [6, 6.07) is 0. The van der Waals surface area contributed by atoms with Crippen LogP contribution < -0.4 is 0 Å². The van der Waals surface area contributed by atoms with Crippen LogP contribution in [0.5, 0.6) is 0 Å². The van der Waals surface area contributed by atoms with E-state index in [1.54, 1.807) is 5.06 Å². The molecule has 3 heteroatoms. The zero-order valence-electron chi connectivity index (χ0n) is 5.38. The third-order valence-corrected chi connectivity index (χ3v) is 1.51. The van der Waals surface area contributed by atoms with Crippen LogP contribution in [0.4, 0.5) is 0 Å². The summed E-state index contributed by atoms with van der Waals surface area (Å²) in [7, 11) is 0. The van der Waals surface area contributed by atoms with Crippen molar-refractivity contribution in [2.45, 2.75) is 19.3 Å². The van der Waals surface area contributed by atoms with Gasteiger partial charge in [-0.1, -0.05) is 6.42 Å². The molecule has 1 fully saturated rings. The predicted octanol–water partition coefficient (Wildman–Crippen LogP) is 0.560. The molecule has 1 aliphatic heterocycles. The smallest absolute Gasteiger partial charge is 0.312 e. The zero-order chi connectivity index (χ0) is 6.53. The molecule has 0 saturated carbocycles. The molecule has 0 aromatic heterocycles. The van der Waals surface area contributed by atoms with Gasteiger partial charge < -0.3 is 4.84 Å². The molecule has 1 rings (SSSR count). The fraction of sp³-hybridized carbons (Fsp3) is 0.833. The second-order valence-corrected chi connectivity index (χ2v) is 2.19. The fourth-order valence-electron chi connectivity index (χ4n) is 1.03. The van der Waals surface area contributed by atoms with Gasteiger partial charge in [-0.3, -0.25) is 4.79 Å². The molecule has 0 N–H and O–H groups in total. The average Bonchev–Trinajstić information content (AvgIpc) is 1.91. The molecule has 0 atom stereocenters. The normalized spacial score (nSPS) is 21.3. The molecule has 0 unspecified atom stereocenters. The Morgan fingerprint density at radius 2 is 1.89 bits per heavy atom. The maximum Gasteiger partial charge on any atom is 0.312 e. The van der Waals surface area contributed by atoms with Crippen molar-refractivity contribution in [1.29, 1.82) is 0 Å². The summed E-state index contributed by atoms with van der Waals surface area (Å²) >= 11 is 0. The minimum absolute atomic E-state index is 0.491. The Morgan fingerprint density at radius 3 is 2.44 bits per heavy atom. The van der Waals surface area contributed by atoms with Crippen LogP contribution in [0.25, 0.3) is 0 Å². The highest BCUT2D eigenvalue weighted by atomic mass is 16.7. The monoisotopic (exact) mass is 129 g/mol. The molecule has 0 aliphatic carbocycles. The van der Waals surface area contributed by atoms with Gasteiger partial charge in [0.15, 0.2) is 0 Å². The van der Waals surface area contributed by atoms with Crippen LogP contribution in [0.2, 0.25) is 0 Å². The summed E-state index contributed by atoms with van der Waals surface area (Å²) in [5, 5.41) is 1.70. The van der Waals surface area contributed by atoms with Crippen LogP contribution in [0.15, 0.2) is 0 Å². The van der Waals surface area contributed by atoms with Gasteiger partial charge in [0.1, 0.15) is 0 Å². The van der Waals surface area contributed by atoms with E-state index in [1.807, 2.05) is 0 Å². The third kappa shape index (κ3) is 2.01. The molecular weight excluding hydrogens is 118 g/mol. The van der Waals surface area contributed by atoms with E-state index < -0.39 is 0 Å². The number of hydrogen-bond acceptors (Lipinski definition) is 3. The van der Waals surface area contributed by atoms with E-state index in [9.17, 15) is 4.79 Å². The van der Waals surface area contributed by atoms with E-state index in [2.05, 4.69) is 4.84 Å². The molecular formula is C6H11NO2. The minimum Gasteiger partial charge on any atom is -0.371 e. The molecule has 0 bridgehead atoms. The van der Waals surface area contributed by atoms with Gasteiger partial charge in [0, 0.05) is 13.1 Å². The number of piperidine rings is 1. The maximum absolute atomic E-state index is 9.81. The third-order valence-electron chi connectivity index (χ3n) is 1.51. The Labute approximate surface area is 54.5 Å². The molecule has 1 aliphatic rings. The summed E-state index contributed by atoms with van der Waals surface area (Å²) < 4.78 is 0. The van der Waals surface area contributed by atoms with Crippen molar-refractivity contribution in [2.75, 3.05) is 13.1 Å². The van der Waals surface area contributed by atoms with E-state index in [4.69, 9.17) is 0 Å². The predicted molar refractivity (Wildman–Crippen MR) is 32.6 cm³/mol. The average molecular weight is 129 g/mol. The molecule has 3 nitrogen and oxygen atoms in total. The van der Waals surface area contributed by atoms with Gasteiger partial charge >= 0.3 is 6.47 Å². The lowest BCUT2D eigenvalue weighted by molar-refractivity contribution is -0.177. The summed E-state index contributed by atoms with van der Waals surface area (Å²) in [6.45, 7) is 2.29. The molecule has 9 heavy (non-hydrogen) atoms. The van der Waals surface area contributed by atoms with Crippen molar-refractivity contribution < 1.29 is 9.63 Å². The number of carbonyl (C=O) groups is 1. The standard InChI is InChI=1S/C6H11NO2/c8-6-9-7-4-2-1-3-5-7/h6H,1-5H2. The summed E-state index contributed by atoms with van der Waals surface area (Å²) in [6.07, 6.45) is 3.56. The fourth-order valence-corrected chi connectivity index (χ4v) is 1.03. The highest BCUT2D eigenvalue weighted by molar-refractivity contribution is 5.36. The van der Waals surface area contributed by atoms with Crippen LogP contribution in [0, 0.1) is 0 Å². The lowest BCUT2D eigenvalue weighted by Crippen LogP contribution is -2.29. The van der Waals surface area contributed by atoms with Crippen molar-refractivity contribution in [2.24, 2.45) is 0 Å². The van der Waals surface area contributed by atoms with Crippen molar-refractivity contribution in [3.05, 3.63) is 0 Å². The molecule has 0 aromatic rings. The SMILES string of the molecule is O=CON1CCCCC1. The van der Waals surface area contributed by atoms with Crippen LogP contribution in [0.1, 0.15) is 19.3 Å².